The van der Waals surface area contributed by atoms with E-state index in [1.54, 1.807) is 6.92 Å². The third-order valence-electron chi connectivity index (χ3n) is 2.07. The number of rotatable bonds is 4. The SMILES string of the molecule is Cc1cc(S(N)(=O)=O)n(CCC(C)C)n1. The van der Waals surface area contributed by atoms with Crippen molar-refractivity contribution >= 4 is 10.0 Å². The third kappa shape index (κ3) is 3.32. The van der Waals surface area contributed by atoms with Gasteiger partial charge < -0.3 is 0 Å². The summed E-state index contributed by atoms with van der Waals surface area (Å²) in [6.45, 7) is 6.48. The van der Waals surface area contributed by atoms with Gasteiger partial charge in [0, 0.05) is 6.54 Å². The molecular weight excluding hydrogens is 214 g/mol. The van der Waals surface area contributed by atoms with Gasteiger partial charge in [-0.2, -0.15) is 5.10 Å². The minimum absolute atomic E-state index is 0.0978. The number of nitrogens with two attached hydrogens (primary N) is 1. The van der Waals surface area contributed by atoms with Crippen molar-refractivity contribution in [3.05, 3.63) is 11.8 Å². The van der Waals surface area contributed by atoms with Crippen LogP contribution in [0.5, 0.6) is 0 Å². The van der Waals surface area contributed by atoms with Gasteiger partial charge in [-0.15, -0.1) is 0 Å². The Morgan fingerprint density at radius 2 is 2.13 bits per heavy atom. The maximum Gasteiger partial charge on any atom is 0.255 e. The largest absolute Gasteiger partial charge is 0.255 e. The lowest BCUT2D eigenvalue weighted by Crippen LogP contribution is -2.18. The molecule has 0 aliphatic rings. The zero-order valence-electron chi connectivity index (χ0n) is 9.27. The molecule has 0 saturated carbocycles. The van der Waals surface area contributed by atoms with Crippen molar-refractivity contribution in [2.45, 2.75) is 38.8 Å². The summed E-state index contributed by atoms with van der Waals surface area (Å²) in [5, 5.41) is 9.29. The first-order chi connectivity index (χ1) is 6.80. The Labute approximate surface area is 90.3 Å². The number of primary sulfonamides is 1. The molecule has 0 spiro atoms. The Hall–Kier alpha value is -0.880. The molecule has 0 atom stereocenters. The molecule has 0 unspecified atom stereocenters. The molecule has 2 N–H and O–H groups in total. The molecule has 0 aromatic carbocycles. The third-order valence-corrected chi connectivity index (χ3v) is 2.99. The van der Waals surface area contributed by atoms with E-state index in [9.17, 15) is 8.42 Å². The monoisotopic (exact) mass is 231 g/mol. The van der Waals surface area contributed by atoms with E-state index in [-0.39, 0.29) is 5.03 Å². The highest BCUT2D eigenvalue weighted by atomic mass is 32.2. The summed E-state index contributed by atoms with van der Waals surface area (Å²) in [6, 6.07) is 1.50. The highest BCUT2D eigenvalue weighted by Crippen LogP contribution is 2.11. The number of aryl methyl sites for hydroxylation is 2. The van der Waals surface area contributed by atoms with Crippen molar-refractivity contribution in [2.75, 3.05) is 0 Å². The van der Waals surface area contributed by atoms with E-state index >= 15 is 0 Å². The van der Waals surface area contributed by atoms with Gasteiger partial charge in [-0.3, -0.25) is 4.68 Å². The van der Waals surface area contributed by atoms with E-state index in [0.717, 1.165) is 6.42 Å². The molecule has 0 bridgehead atoms. The molecule has 6 heteroatoms. The van der Waals surface area contributed by atoms with Crippen LogP contribution >= 0.6 is 0 Å². The second-order valence-electron chi connectivity index (χ2n) is 4.07. The van der Waals surface area contributed by atoms with E-state index in [0.29, 0.717) is 18.2 Å². The predicted octanol–water partition coefficient (Wildman–Crippen LogP) is 0.885. The van der Waals surface area contributed by atoms with Gasteiger partial charge in [-0.25, -0.2) is 13.6 Å². The highest BCUT2D eigenvalue weighted by molar-refractivity contribution is 7.89. The molecule has 0 aliphatic heterocycles. The fourth-order valence-corrected chi connectivity index (χ4v) is 2.05. The fraction of sp³-hybridized carbons (Fsp3) is 0.667. The van der Waals surface area contributed by atoms with Crippen molar-refractivity contribution in [3.63, 3.8) is 0 Å². The van der Waals surface area contributed by atoms with Crippen LogP contribution in [0, 0.1) is 12.8 Å². The van der Waals surface area contributed by atoms with Gasteiger partial charge in [0.05, 0.1) is 5.69 Å². The Morgan fingerprint density at radius 3 is 2.60 bits per heavy atom. The first-order valence-electron chi connectivity index (χ1n) is 4.88. The van der Waals surface area contributed by atoms with Crippen molar-refractivity contribution in [2.24, 2.45) is 11.1 Å². The Balaban J connectivity index is 2.97. The first-order valence-corrected chi connectivity index (χ1v) is 6.42. The Morgan fingerprint density at radius 1 is 1.53 bits per heavy atom. The van der Waals surface area contributed by atoms with Gasteiger partial charge in [0.15, 0.2) is 5.03 Å². The van der Waals surface area contributed by atoms with Crippen LogP contribution in [0.3, 0.4) is 0 Å². The zero-order chi connectivity index (χ0) is 11.6. The van der Waals surface area contributed by atoms with E-state index in [1.807, 2.05) is 0 Å². The van der Waals surface area contributed by atoms with Crippen LogP contribution in [-0.4, -0.2) is 18.2 Å². The smallest absolute Gasteiger partial charge is 0.253 e. The maximum atomic E-state index is 11.2. The number of aromatic nitrogens is 2. The van der Waals surface area contributed by atoms with Crippen LogP contribution in [0.1, 0.15) is 26.0 Å². The van der Waals surface area contributed by atoms with Gasteiger partial charge in [0.25, 0.3) is 10.0 Å². The van der Waals surface area contributed by atoms with Crippen LogP contribution < -0.4 is 5.14 Å². The van der Waals surface area contributed by atoms with Crippen LogP contribution in [0.2, 0.25) is 0 Å². The standard InChI is InChI=1S/C9H17N3O2S/c1-7(2)4-5-12-9(15(10,13)14)6-8(3)11-12/h6-7H,4-5H2,1-3H3,(H2,10,13,14). The van der Waals surface area contributed by atoms with Gasteiger partial charge in [0.1, 0.15) is 0 Å². The number of hydrogen-bond donors (Lipinski definition) is 1. The average Bonchev–Trinajstić information content (AvgIpc) is 2.42. The van der Waals surface area contributed by atoms with Crippen molar-refractivity contribution in [1.29, 1.82) is 0 Å². The molecular formula is C9H17N3O2S. The summed E-state index contributed by atoms with van der Waals surface area (Å²) in [5.41, 5.74) is 0.669. The molecule has 0 aliphatic carbocycles. The molecule has 1 aromatic rings. The molecule has 0 amide bonds. The van der Waals surface area contributed by atoms with Gasteiger partial charge >= 0.3 is 0 Å². The van der Waals surface area contributed by atoms with Gasteiger partial charge in [-0.1, -0.05) is 13.8 Å². The Kier molecular flexibility index (Phi) is 3.51. The fourth-order valence-electron chi connectivity index (χ4n) is 1.29. The molecule has 1 rings (SSSR count). The summed E-state index contributed by atoms with van der Waals surface area (Å²) in [4.78, 5) is 0. The van der Waals surface area contributed by atoms with Crippen molar-refractivity contribution in [3.8, 4) is 0 Å². The molecule has 15 heavy (non-hydrogen) atoms. The van der Waals surface area contributed by atoms with Crippen LogP contribution in [-0.2, 0) is 16.6 Å². The van der Waals surface area contributed by atoms with E-state index in [2.05, 4.69) is 18.9 Å². The quantitative estimate of drug-likeness (QED) is 0.835. The predicted molar refractivity (Wildman–Crippen MR) is 57.8 cm³/mol. The average molecular weight is 231 g/mol. The molecule has 0 radical (unpaired) electrons. The highest BCUT2D eigenvalue weighted by Gasteiger charge is 2.16. The summed E-state index contributed by atoms with van der Waals surface area (Å²) in [6.07, 6.45) is 0.879. The normalized spacial score (nSPS) is 12.3. The van der Waals surface area contributed by atoms with Crippen LogP contribution in [0.4, 0.5) is 0 Å². The minimum atomic E-state index is -3.66. The number of sulfonamides is 1. The minimum Gasteiger partial charge on any atom is -0.253 e. The lowest BCUT2D eigenvalue weighted by molar-refractivity contribution is 0.457. The lowest BCUT2D eigenvalue weighted by Gasteiger charge is -2.07. The van der Waals surface area contributed by atoms with Crippen LogP contribution in [0.15, 0.2) is 11.1 Å². The maximum absolute atomic E-state index is 11.2. The molecule has 0 fully saturated rings. The summed E-state index contributed by atoms with van der Waals surface area (Å²) < 4.78 is 23.9. The second kappa shape index (κ2) is 4.32. The second-order valence-corrected chi connectivity index (χ2v) is 5.58. The molecule has 1 heterocycles. The lowest BCUT2D eigenvalue weighted by atomic mass is 10.1. The molecule has 0 saturated heterocycles. The molecule has 1 aromatic heterocycles. The van der Waals surface area contributed by atoms with E-state index in [4.69, 9.17) is 5.14 Å². The number of hydrogen-bond acceptors (Lipinski definition) is 3. The molecule has 5 nitrogen and oxygen atoms in total. The molecule has 86 valence electrons. The van der Waals surface area contributed by atoms with Gasteiger partial charge in [-0.05, 0) is 25.3 Å². The van der Waals surface area contributed by atoms with E-state index in [1.165, 1.54) is 10.7 Å². The summed E-state index contributed by atoms with van der Waals surface area (Å²) in [5.74, 6) is 0.503. The topological polar surface area (TPSA) is 78.0 Å². The first kappa shape index (κ1) is 12.2. The Bertz CT molecular complexity index is 434. The van der Waals surface area contributed by atoms with Crippen LogP contribution in [0.25, 0.3) is 0 Å². The number of nitrogens with zero attached hydrogens (tertiary/aromatic N) is 2. The summed E-state index contributed by atoms with van der Waals surface area (Å²) >= 11 is 0. The van der Waals surface area contributed by atoms with Gasteiger partial charge in [0.2, 0.25) is 0 Å². The van der Waals surface area contributed by atoms with Crippen molar-refractivity contribution in [1.82, 2.24) is 9.78 Å². The summed E-state index contributed by atoms with van der Waals surface area (Å²) in [7, 11) is -3.66. The zero-order valence-corrected chi connectivity index (χ0v) is 10.1. The van der Waals surface area contributed by atoms with E-state index < -0.39 is 10.0 Å². The van der Waals surface area contributed by atoms with Crippen molar-refractivity contribution < 1.29 is 8.42 Å².